The molecule has 1 amide bonds. The van der Waals surface area contributed by atoms with Gasteiger partial charge in [-0.1, -0.05) is 42.0 Å². The minimum absolute atomic E-state index is 0.0151. The first-order chi connectivity index (χ1) is 14.9. The Morgan fingerprint density at radius 3 is 2.65 bits per heavy atom. The zero-order valence-electron chi connectivity index (χ0n) is 17.5. The lowest BCUT2D eigenvalue weighted by Crippen LogP contribution is -2.34. The number of amides is 1. The smallest absolute Gasteiger partial charge is 0.267 e. The maximum absolute atomic E-state index is 13.2. The van der Waals surface area contributed by atoms with E-state index in [-0.39, 0.29) is 28.5 Å². The van der Waals surface area contributed by atoms with Gasteiger partial charge in [0.2, 0.25) is 0 Å². The largest absolute Gasteiger partial charge is 0.348 e. The van der Waals surface area contributed by atoms with Gasteiger partial charge in [-0.05, 0) is 37.1 Å². The first-order valence-electron chi connectivity index (χ1n) is 9.95. The number of fused-ring (bicyclic) bond motifs is 2. The summed E-state index contributed by atoms with van der Waals surface area (Å²) in [7, 11) is 0. The summed E-state index contributed by atoms with van der Waals surface area (Å²) in [6, 6.07) is 13.0. The number of rotatable bonds is 5. The summed E-state index contributed by atoms with van der Waals surface area (Å²) in [6.07, 6.45) is 3.27. The molecule has 0 spiro atoms. The Balaban J connectivity index is 1.85. The third-order valence-electron chi connectivity index (χ3n) is 5.26. The van der Waals surface area contributed by atoms with E-state index in [1.807, 2.05) is 44.2 Å². The van der Waals surface area contributed by atoms with Crippen molar-refractivity contribution in [2.45, 2.75) is 26.9 Å². The number of pyridine rings is 2. The van der Waals surface area contributed by atoms with Gasteiger partial charge in [0, 0.05) is 19.3 Å². The van der Waals surface area contributed by atoms with Crippen LogP contribution in [0.3, 0.4) is 0 Å². The molecule has 0 aliphatic heterocycles. The Kier molecular flexibility index (Phi) is 5.25. The van der Waals surface area contributed by atoms with E-state index in [0.29, 0.717) is 17.8 Å². The van der Waals surface area contributed by atoms with E-state index in [1.165, 1.54) is 15.0 Å². The van der Waals surface area contributed by atoms with Crippen molar-refractivity contribution < 1.29 is 4.79 Å². The second-order valence-electron chi connectivity index (χ2n) is 7.51. The van der Waals surface area contributed by atoms with Crippen molar-refractivity contribution in [1.29, 1.82) is 5.41 Å². The number of benzene rings is 1. The van der Waals surface area contributed by atoms with E-state index in [2.05, 4.69) is 16.9 Å². The SMILES string of the molecule is C=CCn1c(=N)c(C(=O)NCc2ccc(C)cc2)cc2c(=O)n3cccc(C)c3nc21. The molecule has 4 rings (SSSR count). The lowest BCUT2D eigenvalue weighted by molar-refractivity contribution is 0.0948. The average Bonchev–Trinajstić information content (AvgIpc) is 2.76. The number of carbonyl (C=O) groups excluding carboxylic acids is 1. The predicted molar refractivity (Wildman–Crippen MR) is 120 cm³/mol. The van der Waals surface area contributed by atoms with Crippen LogP contribution in [0, 0.1) is 19.3 Å². The Hall–Kier alpha value is -4.00. The highest BCUT2D eigenvalue weighted by Gasteiger charge is 2.17. The summed E-state index contributed by atoms with van der Waals surface area (Å²) in [5.41, 5.74) is 3.64. The van der Waals surface area contributed by atoms with Crippen LogP contribution in [-0.2, 0) is 13.1 Å². The highest BCUT2D eigenvalue weighted by Crippen LogP contribution is 2.13. The second kappa shape index (κ2) is 8.02. The number of carbonyl (C=O) groups is 1. The quantitative estimate of drug-likeness (QED) is 0.389. The fourth-order valence-corrected chi connectivity index (χ4v) is 3.56. The van der Waals surface area contributed by atoms with Gasteiger partial charge in [-0.2, -0.15) is 0 Å². The molecule has 0 aliphatic carbocycles. The van der Waals surface area contributed by atoms with Crippen molar-refractivity contribution in [2.24, 2.45) is 0 Å². The molecule has 7 nitrogen and oxygen atoms in total. The van der Waals surface area contributed by atoms with Crippen LogP contribution in [0.2, 0.25) is 0 Å². The van der Waals surface area contributed by atoms with Crippen molar-refractivity contribution in [2.75, 3.05) is 0 Å². The minimum Gasteiger partial charge on any atom is -0.348 e. The van der Waals surface area contributed by atoms with Crippen molar-refractivity contribution in [3.05, 3.63) is 99.4 Å². The number of nitrogens with one attached hydrogen (secondary N) is 2. The number of allylic oxidation sites excluding steroid dienone is 1. The van der Waals surface area contributed by atoms with Crippen LogP contribution in [-0.4, -0.2) is 19.9 Å². The Morgan fingerprint density at radius 2 is 1.94 bits per heavy atom. The summed E-state index contributed by atoms with van der Waals surface area (Å²) >= 11 is 0. The van der Waals surface area contributed by atoms with Crippen LogP contribution in [0.5, 0.6) is 0 Å². The topological polar surface area (TPSA) is 92.2 Å². The van der Waals surface area contributed by atoms with Crippen LogP contribution < -0.4 is 16.4 Å². The second-order valence-corrected chi connectivity index (χ2v) is 7.51. The highest BCUT2D eigenvalue weighted by atomic mass is 16.1. The van der Waals surface area contributed by atoms with Gasteiger partial charge in [-0.25, -0.2) is 4.98 Å². The standard InChI is InChI=1S/C24H23N5O2/c1-4-11-28-20(25)18(23(30)26-14-17-9-7-15(2)8-10-17)13-19-22(28)27-21-16(3)6-5-12-29(21)24(19)31/h4-10,12-13,25H,1,11,14H2,2-3H3,(H,26,30). The van der Waals surface area contributed by atoms with E-state index in [0.717, 1.165) is 16.7 Å². The van der Waals surface area contributed by atoms with Gasteiger partial charge in [0.05, 0.1) is 10.9 Å². The normalized spacial score (nSPS) is 11.0. The van der Waals surface area contributed by atoms with Gasteiger partial charge in [0.15, 0.2) is 0 Å². The number of hydrogen-bond donors (Lipinski definition) is 2. The summed E-state index contributed by atoms with van der Waals surface area (Å²) in [4.78, 5) is 30.8. The highest BCUT2D eigenvalue weighted by molar-refractivity contribution is 5.96. The van der Waals surface area contributed by atoms with E-state index in [9.17, 15) is 9.59 Å². The molecule has 4 aromatic rings. The van der Waals surface area contributed by atoms with Gasteiger partial charge in [-0.15, -0.1) is 6.58 Å². The molecular formula is C24H23N5O2. The van der Waals surface area contributed by atoms with Crippen LogP contribution in [0.15, 0.2) is 66.1 Å². The van der Waals surface area contributed by atoms with E-state index < -0.39 is 5.91 Å². The maximum atomic E-state index is 13.2. The first-order valence-corrected chi connectivity index (χ1v) is 9.95. The first kappa shape index (κ1) is 20.3. The lowest BCUT2D eigenvalue weighted by atomic mass is 10.1. The van der Waals surface area contributed by atoms with Crippen molar-refractivity contribution in [3.63, 3.8) is 0 Å². The molecule has 3 aromatic heterocycles. The molecule has 0 atom stereocenters. The van der Waals surface area contributed by atoms with Crippen LogP contribution in [0.4, 0.5) is 0 Å². The van der Waals surface area contributed by atoms with E-state index in [1.54, 1.807) is 18.3 Å². The minimum atomic E-state index is -0.418. The van der Waals surface area contributed by atoms with E-state index >= 15 is 0 Å². The lowest BCUT2D eigenvalue weighted by Gasteiger charge is -2.14. The van der Waals surface area contributed by atoms with Gasteiger partial charge < -0.3 is 9.88 Å². The van der Waals surface area contributed by atoms with Crippen LogP contribution in [0.25, 0.3) is 16.7 Å². The molecule has 2 N–H and O–H groups in total. The van der Waals surface area contributed by atoms with Gasteiger partial charge in [0.1, 0.15) is 16.8 Å². The molecule has 1 aromatic carbocycles. The predicted octanol–water partition coefficient (Wildman–Crippen LogP) is 2.86. The molecule has 0 aliphatic rings. The molecule has 0 unspecified atom stereocenters. The Morgan fingerprint density at radius 1 is 1.19 bits per heavy atom. The number of hydrogen-bond acceptors (Lipinski definition) is 4. The molecule has 156 valence electrons. The van der Waals surface area contributed by atoms with Crippen molar-refractivity contribution in [3.8, 4) is 0 Å². The number of aromatic nitrogens is 3. The van der Waals surface area contributed by atoms with E-state index in [4.69, 9.17) is 5.41 Å². The van der Waals surface area contributed by atoms with Gasteiger partial charge in [0.25, 0.3) is 11.5 Å². The molecule has 7 heteroatoms. The Bertz CT molecular complexity index is 1450. The molecule has 31 heavy (non-hydrogen) atoms. The number of aryl methyl sites for hydroxylation is 2. The number of nitrogens with zero attached hydrogens (tertiary/aromatic N) is 3. The maximum Gasteiger partial charge on any atom is 0.267 e. The summed E-state index contributed by atoms with van der Waals surface area (Å²) < 4.78 is 3.00. The Labute approximate surface area is 178 Å². The monoisotopic (exact) mass is 413 g/mol. The molecule has 0 radical (unpaired) electrons. The van der Waals surface area contributed by atoms with Gasteiger partial charge >= 0.3 is 0 Å². The summed E-state index contributed by atoms with van der Waals surface area (Å²) in [5, 5.41) is 11.7. The fraction of sp³-hybridized carbons (Fsp3) is 0.167. The van der Waals surface area contributed by atoms with Crippen LogP contribution >= 0.6 is 0 Å². The third kappa shape index (κ3) is 3.66. The molecule has 0 fully saturated rings. The zero-order chi connectivity index (χ0) is 22.1. The molecule has 0 bridgehead atoms. The zero-order valence-corrected chi connectivity index (χ0v) is 17.5. The van der Waals surface area contributed by atoms with Crippen molar-refractivity contribution >= 4 is 22.6 Å². The fourth-order valence-electron chi connectivity index (χ4n) is 3.56. The molecular weight excluding hydrogens is 390 g/mol. The average molecular weight is 413 g/mol. The summed E-state index contributed by atoms with van der Waals surface area (Å²) in [5.74, 6) is -0.418. The molecule has 0 saturated carbocycles. The summed E-state index contributed by atoms with van der Waals surface area (Å²) in [6.45, 7) is 8.20. The molecule has 3 heterocycles. The third-order valence-corrected chi connectivity index (χ3v) is 5.26. The van der Waals surface area contributed by atoms with Gasteiger partial charge in [-0.3, -0.25) is 19.4 Å². The molecule has 0 saturated heterocycles. The van der Waals surface area contributed by atoms with Crippen LogP contribution in [0.1, 0.15) is 27.0 Å². The van der Waals surface area contributed by atoms with Crippen molar-refractivity contribution in [1.82, 2.24) is 19.3 Å².